The average molecular weight is 447 g/mol. The summed E-state index contributed by atoms with van der Waals surface area (Å²) in [5.41, 5.74) is 0.415. The molecule has 1 rings (SSSR count). The van der Waals surface area contributed by atoms with E-state index in [-0.39, 0.29) is 29.7 Å². The molecule has 0 bridgehead atoms. The molecule has 1 saturated heterocycles. The molecule has 1 fully saturated rings. The zero-order valence-electron chi connectivity index (χ0n) is 17.1. The lowest BCUT2D eigenvalue weighted by Crippen LogP contribution is -2.45. The first kappa shape index (κ1) is 25.8. The Bertz CT molecular complexity index is 674. The van der Waals surface area contributed by atoms with Crippen molar-refractivity contribution in [1.82, 2.24) is 10.6 Å². The predicted octanol–water partition coefficient (Wildman–Crippen LogP) is 2.77. The molecule has 1 aliphatic heterocycles. The van der Waals surface area contributed by atoms with Crippen LogP contribution in [0.15, 0.2) is 48.1 Å². The first-order valence-corrected chi connectivity index (χ1v) is 9.68. The van der Waals surface area contributed by atoms with Crippen LogP contribution < -0.4 is 10.6 Å². The molecule has 0 spiro atoms. The number of halogens is 2. The third kappa shape index (κ3) is 10.5. The smallest absolute Gasteiger partial charge is 0.261 e. The molecule has 2 amide bonds. The van der Waals surface area contributed by atoms with Crippen LogP contribution >= 0.6 is 11.6 Å². The number of nitrogens with one attached hydrogen (secondary N) is 2. The second-order valence-corrected chi connectivity index (χ2v) is 7.07. The van der Waals surface area contributed by atoms with Gasteiger partial charge in [0.25, 0.3) is 11.8 Å². The summed E-state index contributed by atoms with van der Waals surface area (Å²) in [6.07, 6.45) is 4.40. The summed E-state index contributed by atoms with van der Waals surface area (Å²) in [5, 5.41) is 5.20. The lowest BCUT2D eigenvalue weighted by Gasteiger charge is -2.27. The minimum Gasteiger partial charge on any atom is -0.491 e. The normalized spacial score (nSPS) is 20.5. The molecule has 0 aromatic rings. The Kier molecular flexibility index (Phi) is 12.0. The average Bonchev–Trinajstić information content (AvgIpc) is 2.67. The van der Waals surface area contributed by atoms with Gasteiger partial charge >= 0.3 is 0 Å². The lowest BCUT2D eigenvalue weighted by molar-refractivity contribution is -0.369. The maximum Gasteiger partial charge on any atom is 0.261 e. The van der Waals surface area contributed by atoms with Crippen molar-refractivity contribution >= 4 is 23.4 Å². The molecule has 0 aromatic heterocycles. The minimum atomic E-state index is -0.769. The van der Waals surface area contributed by atoms with Crippen LogP contribution in [0.4, 0.5) is 4.39 Å². The van der Waals surface area contributed by atoms with Gasteiger partial charge in [0.1, 0.15) is 11.9 Å². The van der Waals surface area contributed by atoms with Crippen molar-refractivity contribution in [2.75, 3.05) is 20.3 Å². The summed E-state index contributed by atoms with van der Waals surface area (Å²) < 4.78 is 22.6. The van der Waals surface area contributed by atoms with E-state index in [1.807, 2.05) is 0 Å². The summed E-state index contributed by atoms with van der Waals surface area (Å²) >= 11 is 5.52. The van der Waals surface area contributed by atoms with E-state index < -0.39 is 17.8 Å². The van der Waals surface area contributed by atoms with Crippen LogP contribution in [-0.4, -0.2) is 50.4 Å². The van der Waals surface area contributed by atoms with E-state index in [0.717, 1.165) is 0 Å². The fourth-order valence-corrected chi connectivity index (χ4v) is 2.56. The lowest BCUT2D eigenvalue weighted by atomic mass is 10.1. The Balaban J connectivity index is 2.26. The molecule has 1 heterocycles. The van der Waals surface area contributed by atoms with Crippen molar-refractivity contribution in [3.8, 4) is 0 Å². The number of hydrogen-bond acceptors (Lipinski definition) is 6. The Morgan fingerprint density at radius 1 is 1.33 bits per heavy atom. The van der Waals surface area contributed by atoms with Gasteiger partial charge in [0, 0.05) is 25.3 Å². The zero-order valence-corrected chi connectivity index (χ0v) is 17.9. The van der Waals surface area contributed by atoms with E-state index in [9.17, 15) is 14.0 Å². The van der Waals surface area contributed by atoms with Gasteiger partial charge in [-0.3, -0.25) is 9.59 Å². The highest BCUT2D eigenvalue weighted by Gasteiger charge is 2.29. The van der Waals surface area contributed by atoms with Crippen LogP contribution in [0.5, 0.6) is 0 Å². The summed E-state index contributed by atoms with van der Waals surface area (Å²) in [7, 11) is 1.57. The number of ether oxygens (including phenoxy) is 2. The topological polar surface area (TPSA) is 95.1 Å². The monoisotopic (exact) mass is 446 g/mol. The molecular weight excluding hydrogens is 419 g/mol. The highest BCUT2D eigenvalue weighted by Crippen LogP contribution is 2.17. The fraction of sp³-hybridized carbons (Fsp3) is 0.500. The third-order valence-electron chi connectivity index (χ3n) is 3.85. The van der Waals surface area contributed by atoms with Gasteiger partial charge in [-0.25, -0.2) is 14.2 Å². The van der Waals surface area contributed by atoms with Crippen molar-refractivity contribution in [1.29, 1.82) is 0 Å². The quantitative estimate of drug-likeness (QED) is 0.272. The largest absolute Gasteiger partial charge is 0.491 e. The van der Waals surface area contributed by atoms with E-state index in [0.29, 0.717) is 31.6 Å². The molecule has 1 aliphatic rings. The minimum absolute atomic E-state index is 0.163. The second kappa shape index (κ2) is 13.9. The summed E-state index contributed by atoms with van der Waals surface area (Å²) in [6, 6.07) is -0.285. The first-order chi connectivity index (χ1) is 14.2. The molecule has 0 saturated carbocycles. The highest BCUT2D eigenvalue weighted by atomic mass is 35.5. The van der Waals surface area contributed by atoms with E-state index in [1.165, 1.54) is 18.4 Å². The Morgan fingerprint density at radius 3 is 2.67 bits per heavy atom. The molecule has 0 aromatic carbocycles. The molecule has 8 nitrogen and oxygen atoms in total. The zero-order chi connectivity index (χ0) is 22.5. The summed E-state index contributed by atoms with van der Waals surface area (Å²) in [4.78, 5) is 34.3. The van der Waals surface area contributed by atoms with E-state index in [1.54, 1.807) is 14.0 Å². The number of hydrogen-bond donors (Lipinski definition) is 2. The molecular formula is C20H28ClFN2O6. The van der Waals surface area contributed by atoms with Crippen molar-refractivity contribution in [2.45, 2.75) is 44.4 Å². The molecule has 0 radical (unpaired) electrons. The summed E-state index contributed by atoms with van der Waals surface area (Å²) in [5.74, 6) is -1.50. The molecule has 30 heavy (non-hydrogen) atoms. The van der Waals surface area contributed by atoms with Crippen LogP contribution in [0.25, 0.3) is 0 Å². The third-order valence-corrected chi connectivity index (χ3v) is 4.18. The fourth-order valence-electron chi connectivity index (χ4n) is 2.49. The summed E-state index contributed by atoms with van der Waals surface area (Å²) in [6.45, 7) is 8.71. The van der Waals surface area contributed by atoms with Crippen molar-refractivity contribution in [3.05, 3.63) is 48.1 Å². The SMILES string of the molecule is C=C(CC(C)NC(=O)C1CCC(COC)OO1)NC(=O)CO/C=C/C=C(/Cl)C(=C)F. The van der Waals surface area contributed by atoms with Crippen LogP contribution in [0.3, 0.4) is 0 Å². The molecule has 168 valence electrons. The highest BCUT2D eigenvalue weighted by molar-refractivity contribution is 6.31. The van der Waals surface area contributed by atoms with Crippen LogP contribution in [0.1, 0.15) is 26.2 Å². The maximum atomic E-state index is 12.6. The molecule has 2 N–H and O–H groups in total. The van der Waals surface area contributed by atoms with Gasteiger partial charge in [0.15, 0.2) is 12.7 Å². The number of allylic oxidation sites excluding steroid dienone is 4. The van der Waals surface area contributed by atoms with E-state index in [4.69, 9.17) is 30.8 Å². The Morgan fingerprint density at radius 2 is 2.07 bits per heavy atom. The van der Waals surface area contributed by atoms with Gasteiger partial charge in [-0.1, -0.05) is 24.8 Å². The standard InChI is InChI=1S/C20H28ClFN2O6/c1-13(23-19(25)12-28-9-5-6-17(21)15(3)22)10-14(2)24-20(26)18-8-7-16(11-27-4)29-30-18/h5-6,9,14,16,18H,1,3,7-8,10-12H2,2,4H3,(H,23,25)(H,24,26)/b9-5+,17-6+. The Hall–Kier alpha value is -2.20. The van der Waals surface area contributed by atoms with Gasteiger partial charge in [-0.05, 0) is 31.9 Å². The maximum absolute atomic E-state index is 12.6. The molecule has 0 aliphatic carbocycles. The number of amides is 2. The Labute approximate surface area is 180 Å². The number of carbonyl (C=O) groups excluding carboxylic acids is 2. The van der Waals surface area contributed by atoms with Crippen molar-refractivity contribution in [3.63, 3.8) is 0 Å². The molecule has 3 unspecified atom stereocenters. The van der Waals surface area contributed by atoms with Gasteiger partial charge < -0.3 is 20.1 Å². The van der Waals surface area contributed by atoms with E-state index in [2.05, 4.69) is 23.8 Å². The van der Waals surface area contributed by atoms with Gasteiger partial charge in [-0.2, -0.15) is 0 Å². The van der Waals surface area contributed by atoms with Gasteiger partial charge in [0.05, 0.1) is 17.9 Å². The van der Waals surface area contributed by atoms with Crippen LogP contribution in [0.2, 0.25) is 0 Å². The van der Waals surface area contributed by atoms with Crippen molar-refractivity contribution < 1.29 is 33.2 Å². The van der Waals surface area contributed by atoms with Crippen LogP contribution in [0, 0.1) is 0 Å². The van der Waals surface area contributed by atoms with Gasteiger partial charge in [0.2, 0.25) is 0 Å². The number of carbonyl (C=O) groups is 2. The second-order valence-electron chi connectivity index (χ2n) is 6.66. The van der Waals surface area contributed by atoms with Crippen LogP contribution in [-0.2, 0) is 28.8 Å². The first-order valence-electron chi connectivity index (χ1n) is 9.30. The molecule has 10 heteroatoms. The van der Waals surface area contributed by atoms with E-state index >= 15 is 0 Å². The number of rotatable bonds is 12. The number of methoxy groups -OCH3 is 1. The predicted molar refractivity (Wildman–Crippen MR) is 110 cm³/mol. The molecule has 3 atom stereocenters. The van der Waals surface area contributed by atoms with Crippen molar-refractivity contribution in [2.24, 2.45) is 0 Å². The van der Waals surface area contributed by atoms with Gasteiger partial charge in [-0.15, -0.1) is 0 Å².